The molecular formula is C7H8ClF2NS. The highest BCUT2D eigenvalue weighted by Crippen LogP contribution is 2.32. The number of thiophene rings is 1. The van der Waals surface area contributed by atoms with Gasteiger partial charge in [0.15, 0.2) is 0 Å². The number of alkyl halides is 2. The summed E-state index contributed by atoms with van der Waals surface area (Å²) in [4.78, 5) is 0.405. The first-order valence-corrected chi connectivity index (χ1v) is 4.47. The predicted octanol–water partition coefficient (Wildman–Crippen LogP) is 2.84. The van der Waals surface area contributed by atoms with Crippen molar-refractivity contribution < 1.29 is 8.78 Å². The van der Waals surface area contributed by atoms with E-state index in [1.807, 2.05) is 0 Å². The molecule has 5 heteroatoms. The lowest BCUT2D eigenvalue weighted by Gasteiger charge is -2.21. The van der Waals surface area contributed by atoms with E-state index in [9.17, 15) is 8.78 Å². The largest absolute Gasteiger partial charge is 0.316 e. The average molecular weight is 212 g/mol. The van der Waals surface area contributed by atoms with Crippen molar-refractivity contribution in [2.45, 2.75) is 18.9 Å². The molecule has 1 heterocycles. The molecule has 68 valence electrons. The Morgan fingerprint density at radius 2 is 2.17 bits per heavy atom. The van der Waals surface area contributed by atoms with Gasteiger partial charge in [0.1, 0.15) is 5.54 Å². The Morgan fingerprint density at radius 1 is 1.58 bits per heavy atom. The van der Waals surface area contributed by atoms with Crippen molar-refractivity contribution >= 4 is 22.9 Å². The predicted molar refractivity (Wildman–Crippen MR) is 46.9 cm³/mol. The maximum Gasteiger partial charge on any atom is 0.260 e. The molecule has 1 aromatic heterocycles. The zero-order valence-electron chi connectivity index (χ0n) is 6.35. The Kier molecular flexibility index (Phi) is 2.70. The molecule has 1 unspecified atom stereocenters. The fourth-order valence-electron chi connectivity index (χ4n) is 0.711. The number of rotatable bonds is 2. The highest BCUT2D eigenvalue weighted by atomic mass is 35.5. The summed E-state index contributed by atoms with van der Waals surface area (Å²) >= 11 is 6.67. The van der Waals surface area contributed by atoms with Crippen LogP contribution in [0.25, 0.3) is 0 Å². The molecule has 1 aromatic rings. The molecule has 1 atom stereocenters. The van der Waals surface area contributed by atoms with Gasteiger partial charge in [0.05, 0.1) is 4.34 Å². The second-order valence-corrected chi connectivity index (χ2v) is 4.40. The van der Waals surface area contributed by atoms with Crippen molar-refractivity contribution in [1.82, 2.24) is 0 Å². The molecule has 0 saturated carbocycles. The molecule has 0 bridgehead atoms. The van der Waals surface area contributed by atoms with Crippen LogP contribution in [0.4, 0.5) is 8.78 Å². The number of hydrogen-bond acceptors (Lipinski definition) is 2. The summed E-state index contributed by atoms with van der Waals surface area (Å²) in [6.45, 7) is 1.29. The van der Waals surface area contributed by atoms with E-state index in [-0.39, 0.29) is 0 Å². The molecule has 0 aliphatic carbocycles. The molecular weight excluding hydrogens is 204 g/mol. The molecule has 0 amide bonds. The topological polar surface area (TPSA) is 26.0 Å². The van der Waals surface area contributed by atoms with Gasteiger partial charge in [0.2, 0.25) is 0 Å². The van der Waals surface area contributed by atoms with E-state index in [1.165, 1.54) is 13.0 Å². The Hall–Kier alpha value is -0.190. The molecule has 12 heavy (non-hydrogen) atoms. The lowest BCUT2D eigenvalue weighted by molar-refractivity contribution is 0.0644. The molecule has 0 spiro atoms. The smallest absolute Gasteiger partial charge is 0.260 e. The second-order valence-electron chi connectivity index (χ2n) is 2.69. The number of hydrogen-bond donors (Lipinski definition) is 1. The first-order valence-electron chi connectivity index (χ1n) is 3.27. The molecule has 0 aliphatic rings. The summed E-state index contributed by atoms with van der Waals surface area (Å²) in [5.74, 6) is 0. The van der Waals surface area contributed by atoms with Gasteiger partial charge in [-0.1, -0.05) is 11.6 Å². The number of nitrogens with two attached hydrogens (primary N) is 1. The fraction of sp³-hybridized carbons (Fsp3) is 0.429. The van der Waals surface area contributed by atoms with E-state index in [0.717, 1.165) is 11.3 Å². The highest BCUT2D eigenvalue weighted by Gasteiger charge is 2.33. The van der Waals surface area contributed by atoms with E-state index in [4.69, 9.17) is 17.3 Å². The van der Waals surface area contributed by atoms with Crippen molar-refractivity contribution in [3.8, 4) is 0 Å². The second kappa shape index (κ2) is 3.28. The maximum absolute atomic E-state index is 12.3. The average Bonchev–Trinajstić information content (AvgIpc) is 2.35. The van der Waals surface area contributed by atoms with Gasteiger partial charge >= 0.3 is 0 Å². The van der Waals surface area contributed by atoms with Gasteiger partial charge in [-0.15, -0.1) is 11.3 Å². The van der Waals surface area contributed by atoms with Gasteiger partial charge in [-0.3, -0.25) is 0 Å². The van der Waals surface area contributed by atoms with Crippen molar-refractivity contribution in [2.24, 2.45) is 5.73 Å². The summed E-state index contributed by atoms with van der Waals surface area (Å²) in [5.41, 5.74) is 3.81. The summed E-state index contributed by atoms with van der Waals surface area (Å²) in [6.07, 6.45) is -2.58. The zero-order chi connectivity index (χ0) is 9.35. The third-order valence-corrected chi connectivity index (χ3v) is 3.04. The lowest BCUT2D eigenvalue weighted by atomic mass is 10.0. The van der Waals surface area contributed by atoms with Gasteiger partial charge in [0.25, 0.3) is 6.43 Å². The Morgan fingerprint density at radius 3 is 2.50 bits per heavy atom. The molecule has 0 aromatic carbocycles. The summed E-state index contributed by atoms with van der Waals surface area (Å²) in [5, 5.41) is 0. The van der Waals surface area contributed by atoms with Gasteiger partial charge in [-0.25, -0.2) is 8.78 Å². The SMILES string of the molecule is CC(N)(c1ccc(Cl)s1)C(F)F. The summed E-state index contributed by atoms with van der Waals surface area (Å²) in [7, 11) is 0. The van der Waals surface area contributed by atoms with Crippen LogP contribution < -0.4 is 5.73 Å². The first-order chi connectivity index (χ1) is 5.44. The van der Waals surface area contributed by atoms with E-state index >= 15 is 0 Å². The van der Waals surface area contributed by atoms with Crippen LogP contribution in [-0.2, 0) is 5.54 Å². The van der Waals surface area contributed by atoms with Crippen LogP contribution in [-0.4, -0.2) is 6.43 Å². The van der Waals surface area contributed by atoms with Gasteiger partial charge in [0, 0.05) is 4.88 Å². The molecule has 1 nitrogen and oxygen atoms in total. The zero-order valence-corrected chi connectivity index (χ0v) is 7.92. The van der Waals surface area contributed by atoms with E-state index in [2.05, 4.69) is 0 Å². The quantitative estimate of drug-likeness (QED) is 0.800. The summed E-state index contributed by atoms with van der Waals surface area (Å²) < 4.78 is 25.2. The third kappa shape index (κ3) is 1.76. The van der Waals surface area contributed by atoms with E-state index in [1.54, 1.807) is 6.07 Å². The standard InChI is InChI=1S/C7H8ClF2NS/c1-7(11,6(9)10)4-2-3-5(8)12-4/h2-3,6H,11H2,1H3. The monoisotopic (exact) mass is 211 g/mol. The Bertz CT molecular complexity index is 272. The van der Waals surface area contributed by atoms with Crippen LogP contribution in [0, 0.1) is 0 Å². The molecule has 1 rings (SSSR count). The Balaban J connectivity index is 2.97. The van der Waals surface area contributed by atoms with Crippen molar-refractivity contribution in [3.05, 3.63) is 21.3 Å². The summed E-state index contributed by atoms with van der Waals surface area (Å²) in [6, 6.07) is 3.09. The fourth-order valence-corrected chi connectivity index (χ4v) is 1.81. The van der Waals surface area contributed by atoms with Gasteiger partial charge in [-0.05, 0) is 19.1 Å². The molecule has 0 fully saturated rings. The van der Waals surface area contributed by atoms with Gasteiger partial charge in [-0.2, -0.15) is 0 Å². The van der Waals surface area contributed by atoms with Crippen molar-refractivity contribution in [3.63, 3.8) is 0 Å². The molecule has 0 saturated heterocycles. The van der Waals surface area contributed by atoms with E-state index in [0.29, 0.717) is 9.21 Å². The van der Waals surface area contributed by atoms with Crippen LogP contribution in [0.15, 0.2) is 12.1 Å². The molecule has 0 radical (unpaired) electrons. The van der Waals surface area contributed by atoms with Crippen LogP contribution >= 0.6 is 22.9 Å². The lowest BCUT2D eigenvalue weighted by Crippen LogP contribution is -2.39. The third-order valence-electron chi connectivity index (χ3n) is 1.56. The van der Waals surface area contributed by atoms with Crippen LogP contribution in [0.5, 0.6) is 0 Å². The first kappa shape index (κ1) is 9.89. The number of halogens is 3. The molecule has 2 N–H and O–H groups in total. The minimum Gasteiger partial charge on any atom is -0.316 e. The van der Waals surface area contributed by atoms with Crippen LogP contribution in [0.1, 0.15) is 11.8 Å². The van der Waals surface area contributed by atoms with Crippen molar-refractivity contribution in [2.75, 3.05) is 0 Å². The Labute approximate surface area is 78.1 Å². The van der Waals surface area contributed by atoms with E-state index < -0.39 is 12.0 Å². The van der Waals surface area contributed by atoms with Crippen molar-refractivity contribution in [1.29, 1.82) is 0 Å². The maximum atomic E-state index is 12.3. The van der Waals surface area contributed by atoms with Crippen LogP contribution in [0.3, 0.4) is 0 Å². The molecule has 0 aliphatic heterocycles. The van der Waals surface area contributed by atoms with Gasteiger partial charge < -0.3 is 5.73 Å². The minimum atomic E-state index is -2.58. The normalized spacial score (nSPS) is 16.5. The van der Waals surface area contributed by atoms with Crippen LogP contribution in [0.2, 0.25) is 4.34 Å². The highest BCUT2D eigenvalue weighted by molar-refractivity contribution is 7.16. The minimum absolute atomic E-state index is 0.405.